The van der Waals surface area contributed by atoms with Gasteiger partial charge in [0.15, 0.2) is 0 Å². The summed E-state index contributed by atoms with van der Waals surface area (Å²) in [7, 11) is 0. The van der Waals surface area contributed by atoms with Gasteiger partial charge < -0.3 is 10.1 Å². The maximum atomic E-state index is 12.1. The van der Waals surface area contributed by atoms with Crippen LogP contribution in [0.2, 0.25) is 0 Å². The lowest BCUT2D eigenvalue weighted by Gasteiger charge is -2.35. The summed E-state index contributed by atoms with van der Waals surface area (Å²) in [5, 5.41) is 11.8. The van der Waals surface area contributed by atoms with E-state index in [0.29, 0.717) is 23.7 Å². The molecular weight excluding hydrogens is 266 g/mol. The van der Waals surface area contributed by atoms with Crippen molar-refractivity contribution in [1.82, 2.24) is 10.2 Å². The molecule has 2 aliphatic heterocycles. The van der Waals surface area contributed by atoms with E-state index in [1.807, 2.05) is 6.07 Å². The normalized spacial score (nSPS) is 25.1. The Labute approximate surface area is 124 Å². The van der Waals surface area contributed by atoms with Gasteiger partial charge in [0.25, 0.3) is 5.91 Å². The molecule has 5 nitrogen and oxygen atoms in total. The van der Waals surface area contributed by atoms with Gasteiger partial charge in [-0.05, 0) is 37.6 Å². The fourth-order valence-corrected chi connectivity index (χ4v) is 3.05. The molecule has 2 saturated heterocycles. The average molecular weight is 285 g/mol. The second-order valence-electron chi connectivity index (χ2n) is 5.65. The molecule has 2 fully saturated rings. The van der Waals surface area contributed by atoms with Crippen LogP contribution in [0.3, 0.4) is 0 Å². The van der Waals surface area contributed by atoms with E-state index in [4.69, 9.17) is 10.00 Å². The molecule has 0 bridgehead atoms. The number of nitrogens with zero attached hydrogens (tertiary/aromatic N) is 2. The molecule has 1 amide bonds. The zero-order valence-corrected chi connectivity index (χ0v) is 11.9. The smallest absolute Gasteiger partial charge is 0.251 e. The summed E-state index contributed by atoms with van der Waals surface area (Å²) < 4.78 is 5.81. The summed E-state index contributed by atoms with van der Waals surface area (Å²) in [6.45, 7) is 3.31. The van der Waals surface area contributed by atoms with Crippen LogP contribution in [0, 0.1) is 11.3 Å². The summed E-state index contributed by atoms with van der Waals surface area (Å²) in [6.07, 6.45) is 2.52. The highest BCUT2D eigenvalue weighted by molar-refractivity contribution is 5.94. The second kappa shape index (κ2) is 6.25. The maximum absolute atomic E-state index is 12.1. The van der Waals surface area contributed by atoms with E-state index in [-0.39, 0.29) is 12.0 Å². The van der Waals surface area contributed by atoms with E-state index in [1.165, 1.54) is 12.8 Å². The van der Waals surface area contributed by atoms with Gasteiger partial charge in [-0.15, -0.1) is 0 Å². The van der Waals surface area contributed by atoms with E-state index in [9.17, 15) is 4.79 Å². The van der Waals surface area contributed by atoms with Crippen molar-refractivity contribution in [3.63, 3.8) is 0 Å². The first kappa shape index (κ1) is 14.1. The number of rotatable bonds is 3. The minimum atomic E-state index is -0.153. The van der Waals surface area contributed by atoms with Crippen molar-refractivity contribution in [1.29, 1.82) is 5.26 Å². The Morgan fingerprint density at radius 2 is 2.43 bits per heavy atom. The Kier molecular flexibility index (Phi) is 4.18. The number of ether oxygens (including phenoxy) is 1. The molecule has 110 valence electrons. The zero-order chi connectivity index (χ0) is 14.7. The molecule has 2 atom stereocenters. The second-order valence-corrected chi connectivity index (χ2v) is 5.65. The number of nitriles is 1. The molecular formula is C16H19N3O2. The summed E-state index contributed by atoms with van der Waals surface area (Å²) >= 11 is 0. The number of hydrogen-bond acceptors (Lipinski definition) is 4. The topological polar surface area (TPSA) is 65.4 Å². The van der Waals surface area contributed by atoms with Crippen LogP contribution in [-0.2, 0) is 4.74 Å². The van der Waals surface area contributed by atoms with Gasteiger partial charge in [0, 0.05) is 24.7 Å². The molecule has 21 heavy (non-hydrogen) atoms. The van der Waals surface area contributed by atoms with Gasteiger partial charge in [-0.25, -0.2) is 0 Å². The van der Waals surface area contributed by atoms with Gasteiger partial charge in [-0.3, -0.25) is 9.69 Å². The highest BCUT2D eigenvalue weighted by Crippen LogP contribution is 2.22. The number of nitrogens with one attached hydrogen (secondary N) is 1. The molecule has 1 N–H and O–H groups in total. The van der Waals surface area contributed by atoms with Crippen molar-refractivity contribution in [2.75, 3.05) is 26.2 Å². The van der Waals surface area contributed by atoms with Gasteiger partial charge in [0.1, 0.15) is 0 Å². The van der Waals surface area contributed by atoms with Crippen LogP contribution in [0.1, 0.15) is 28.8 Å². The number of benzene rings is 1. The first-order valence-electron chi connectivity index (χ1n) is 7.40. The quantitative estimate of drug-likeness (QED) is 0.905. The standard InChI is InChI=1S/C16H19N3O2/c17-8-12-3-1-4-13(7-12)16(20)18-9-15-10-19-6-2-5-14(19)11-21-15/h1,3-4,7,14-15H,2,5-6,9-11H2,(H,18,20)/t14-,15+/m1/s1. The van der Waals surface area contributed by atoms with Crippen LogP contribution in [-0.4, -0.2) is 49.2 Å². The number of amides is 1. The predicted molar refractivity (Wildman–Crippen MR) is 77.8 cm³/mol. The van der Waals surface area contributed by atoms with Gasteiger partial charge >= 0.3 is 0 Å². The van der Waals surface area contributed by atoms with Gasteiger partial charge in [-0.2, -0.15) is 5.26 Å². The first-order valence-corrected chi connectivity index (χ1v) is 7.40. The summed E-state index contributed by atoms with van der Waals surface area (Å²) in [5.41, 5.74) is 1.01. The van der Waals surface area contributed by atoms with Crippen molar-refractivity contribution in [2.45, 2.75) is 25.0 Å². The molecule has 3 rings (SSSR count). The third-order valence-corrected chi connectivity index (χ3v) is 4.21. The Morgan fingerprint density at radius 1 is 1.52 bits per heavy atom. The molecule has 1 aromatic carbocycles. The van der Waals surface area contributed by atoms with Crippen LogP contribution in [0.15, 0.2) is 24.3 Å². The van der Waals surface area contributed by atoms with Crippen molar-refractivity contribution >= 4 is 5.91 Å². The van der Waals surface area contributed by atoms with Gasteiger partial charge in [-0.1, -0.05) is 6.07 Å². The maximum Gasteiger partial charge on any atom is 0.251 e. The third kappa shape index (κ3) is 3.23. The number of carbonyl (C=O) groups excluding carboxylic acids is 1. The molecule has 0 radical (unpaired) electrons. The number of carbonyl (C=O) groups is 1. The SMILES string of the molecule is N#Cc1cccc(C(=O)NC[C@H]2CN3CCC[C@@H]3CO2)c1. The van der Waals surface area contributed by atoms with Crippen LogP contribution < -0.4 is 5.32 Å². The number of morpholine rings is 1. The Balaban J connectivity index is 1.52. The Bertz CT molecular complexity index is 567. The van der Waals surface area contributed by atoms with Crippen LogP contribution in [0.5, 0.6) is 0 Å². The molecule has 0 saturated carbocycles. The van der Waals surface area contributed by atoms with Crippen LogP contribution >= 0.6 is 0 Å². The molecule has 0 aromatic heterocycles. The molecule has 1 aromatic rings. The molecule has 2 heterocycles. The largest absolute Gasteiger partial charge is 0.373 e. The highest BCUT2D eigenvalue weighted by Gasteiger charge is 2.32. The summed E-state index contributed by atoms with van der Waals surface area (Å²) in [6, 6.07) is 9.35. The average Bonchev–Trinajstić information content (AvgIpc) is 3.00. The highest BCUT2D eigenvalue weighted by atomic mass is 16.5. The van der Waals surface area contributed by atoms with Crippen molar-refractivity contribution in [3.05, 3.63) is 35.4 Å². The molecule has 0 unspecified atom stereocenters. The number of fused-ring (bicyclic) bond motifs is 1. The third-order valence-electron chi connectivity index (χ3n) is 4.21. The minimum Gasteiger partial charge on any atom is -0.373 e. The van der Waals surface area contributed by atoms with E-state index in [2.05, 4.69) is 10.2 Å². The van der Waals surface area contributed by atoms with E-state index >= 15 is 0 Å². The van der Waals surface area contributed by atoms with Crippen molar-refractivity contribution < 1.29 is 9.53 Å². The summed E-state index contributed by atoms with van der Waals surface area (Å²) in [4.78, 5) is 14.5. The lowest BCUT2D eigenvalue weighted by Crippen LogP contribution is -2.50. The molecule has 0 aliphatic carbocycles. The van der Waals surface area contributed by atoms with E-state index in [1.54, 1.807) is 24.3 Å². The van der Waals surface area contributed by atoms with Crippen molar-refractivity contribution in [2.24, 2.45) is 0 Å². The fraction of sp³-hybridized carbons (Fsp3) is 0.500. The first-order chi connectivity index (χ1) is 10.3. The molecule has 0 spiro atoms. The lowest BCUT2D eigenvalue weighted by atomic mass is 10.1. The van der Waals surface area contributed by atoms with E-state index in [0.717, 1.165) is 19.7 Å². The van der Waals surface area contributed by atoms with Crippen LogP contribution in [0.25, 0.3) is 0 Å². The summed E-state index contributed by atoms with van der Waals surface area (Å²) in [5.74, 6) is -0.153. The minimum absolute atomic E-state index is 0.0578. The van der Waals surface area contributed by atoms with Crippen LogP contribution in [0.4, 0.5) is 0 Å². The predicted octanol–water partition coefficient (Wildman–Crippen LogP) is 1.15. The van der Waals surface area contributed by atoms with E-state index < -0.39 is 0 Å². The molecule has 2 aliphatic rings. The number of hydrogen-bond donors (Lipinski definition) is 1. The monoisotopic (exact) mass is 285 g/mol. The van der Waals surface area contributed by atoms with Crippen molar-refractivity contribution in [3.8, 4) is 6.07 Å². The lowest BCUT2D eigenvalue weighted by molar-refractivity contribution is -0.0461. The van der Waals surface area contributed by atoms with Gasteiger partial charge in [0.05, 0.1) is 24.3 Å². The molecule has 5 heteroatoms. The Hall–Kier alpha value is -1.90. The zero-order valence-electron chi connectivity index (χ0n) is 11.9. The fourth-order valence-electron chi connectivity index (χ4n) is 3.05. The van der Waals surface area contributed by atoms with Gasteiger partial charge in [0.2, 0.25) is 0 Å². The Morgan fingerprint density at radius 3 is 3.29 bits per heavy atom.